The minimum absolute atomic E-state index is 0.0646. The minimum Gasteiger partial charge on any atom is -0.497 e. The number of aryl methyl sites for hydroxylation is 1. The number of methoxy groups -OCH3 is 1. The largest absolute Gasteiger partial charge is 0.497 e. The number of rotatable bonds is 7. The average Bonchev–Trinajstić information content (AvgIpc) is 3.08. The van der Waals surface area contributed by atoms with Crippen LogP contribution in [-0.4, -0.2) is 33.8 Å². The molecule has 1 aromatic carbocycles. The summed E-state index contributed by atoms with van der Waals surface area (Å²) in [5, 5.41) is 7.11. The predicted molar refractivity (Wildman–Crippen MR) is 88.3 cm³/mol. The van der Waals surface area contributed by atoms with E-state index in [0.717, 1.165) is 18.6 Å². The van der Waals surface area contributed by atoms with Gasteiger partial charge < -0.3 is 10.1 Å². The van der Waals surface area contributed by atoms with Crippen molar-refractivity contribution >= 4 is 5.91 Å². The van der Waals surface area contributed by atoms with E-state index in [9.17, 15) is 4.79 Å². The van der Waals surface area contributed by atoms with Gasteiger partial charge in [0.1, 0.15) is 23.9 Å². The van der Waals surface area contributed by atoms with Gasteiger partial charge in [-0.1, -0.05) is 12.1 Å². The fourth-order valence-corrected chi connectivity index (χ4v) is 2.25. The summed E-state index contributed by atoms with van der Waals surface area (Å²) < 4.78 is 6.72. The molecule has 0 radical (unpaired) electrons. The van der Waals surface area contributed by atoms with Gasteiger partial charge in [-0.05, 0) is 51.3 Å². The van der Waals surface area contributed by atoms with Crippen molar-refractivity contribution in [3.8, 4) is 5.75 Å². The normalized spacial score (nSPS) is 12.7. The summed E-state index contributed by atoms with van der Waals surface area (Å²) in [6.45, 7) is 5.67. The maximum absolute atomic E-state index is 12.5. The molecule has 124 valence electrons. The number of benzene rings is 1. The van der Waals surface area contributed by atoms with Gasteiger partial charge in [0, 0.05) is 6.04 Å². The van der Waals surface area contributed by atoms with Crippen LogP contribution < -0.4 is 10.1 Å². The van der Waals surface area contributed by atoms with Crippen LogP contribution in [0.15, 0.2) is 36.9 Å². The average molecular weight is 316 g/mol. The monoisotopic (exact) mass is 316 g/mol. The Balaban J connectivity index is 1.86. The Hall–Kier alpha value is -2.37. The van der Waals surface area contributed by atoms with Crippen LogP contribution in [0.3, 0.4) is 0 Å². The molecule has 0 saturated heterocycles. The summed E-state index contributed by atoms with van der Waals surface area (Å²) in [7, 11) is 1.66. The Labute approximate surface area is 136 Å². The van der Waals surface area contributed by atoms with Crippen molar-refractivity contribution < 1.29 is 9.53 Å². The van der Waals surface area contributed by atoms with E-state index in [1.807, 2.05) is 45.0 Å². The lowest BCUT2D eigenvalue weighted by atomic mass is 10.0. The first-order valence-corrected chi connectivity index (χ1v) is 7.72. The molecule has 1 atom stereocenters. The van der Waals surface area contributed by atoms with E-state index < -0.39 is 5.54 Å². The second-order valence-corrected chi connectivity index (χ2v) is 6.16. The highest BCUT2D eigenvalue weighted by Gasteiger charge is 2.31. The maximum Gasteiger partial charge on any atom is 0.247 e. The molecule has 0 aliphatic heterocycles. The fraction of sp³-hybridized carbons (Fsp3) is 0.471. The molecule has 0 unspecified atom stereocenters. The molecule has 0 fully saturated rings. The Bertz CT molecular complexity index is 621. The highest BCUT2D eigenvalue weighted by molar-refractivity contribution is 5.83. The second-order valence-electron chi connectivity index (χ2n) is 6.16. The number of aromatic nitrogens is 3. The van der Waals surface area contributed by atoms with Crippen LogP contribution in [0.1, 0.15) is 32.8 Å². The van der Waals surface area contributed by atoms with Crippen molar-refractivity contribution in [1.82, 2.24) is 20.1 Å². The van der Waals surface area contributed by atoms with Crippen LogP contribution in [-0.2, 0) is 16.8 Å². The molecule has 23 heavy (non-hydrogen) atoms. The number of nitrogens with zero attached hydrogens (tertiary/aromatic N) is 3. The number of hydrogen-bond donors (Lipinski definition) is 1. The quantitative estimate of drug-likeness (QED) is 0.850. The highest BCUT2D eigenvalue weighted by Crippen LogP contribution is 2.15. The zero-order chi connectivity index (χ0) is 16.9. The van der Waals surface area contributed by atoms with E-state index in [2.05, 4.69) is 15.4 Å². The Kier molecular flexibility index (Phi) is 5.36. The van der Waals surface area contributed by atoms with Crippen molar-refractivity contribution in [1.29, 1.82) is 0 Å². The number of carbonyl (C=O) groups excluding carboxylic acids is 1. The van der Waals surface area contributed by atoms with E-state index in [1.54, 1.807) is 18.1 Å². The Morgan fingerprint density at radius 1 is 1.35 bits per heavy atom. The van der Waals surface area contributed by atoms with Crippen molar-refractivity contribution in [2.24, 2.45) is 0 Å². The lowest BCUT2D eigenvalue weighted by Gasteiger charge is -2.26. The van der Waals surface area contributed by atoms with Gasteiger partial charge in [0.15, 0.2) is 0 Å². The van der Waals surface area contributed by atoms with Crippen molar-refractivity contribution in [2.75, 3.05) is 7.11 Å². The molecule has 0 aliphatic rings. The molecule has 1 heterocycles. The molecule has 0 aliphatic carbocycles. The summed E-state index contributed by atoms with van der Waals surface area (Å²) in [6, 6.07) is 8.07. The lowest BCUT2D eigenvalue weighted by Crippen LogP contribution is -2.47. The zero-order valence-electron chi connectivity index (χ0n) is 14.1. The third-order valence-electron chi connectivity index (χ3n) is 3.95. The van der Waals surface area contributed by atoms with Crippen LogP contribution in [0.2, 0.25) is 0 Å². The van der Waals surface area contributed by atoms with Gasteiger partial charge in [0.05, 0.1) is 7.11 Å². The Morgan fingerprint density at radius 3 is 2.61 bits per heavy atom. The second kappa shape index (κ2) is 7.26. The lowest BCUT2D eigenvalue weighted by molar-refractivity contribution is -0.129. The summed E-state index contributed by atoms with van der Waals surface area (Å²) in [4.78, 5) is 16.4. The topological polar surface area (TPSA) is 69.0 Å². The summed E-state index contributed by atoms with van der Waals surface area (Å²) >= 11 is 0. The SMILES string of the molecule is COc1ccc(CC[C@@H](C)NC(=O)C(C)(C)n2cncn2)cc1. The molecule has 0 saturated carbocycles. The number of amides is 1. The number of hydrogen-bond acceptors (Lipinski definition) is 4. The van der Waals surface area contributed by atoms with E-state index in [4.69, 9.17) is 4.74 Å². The van der Waals surface area contributed by atoms with Gasteiger partial charge in [-0.25, -0.2) is 9.67 Å². The molecule has 0 spiro atoms. The van der Waals surface area contributed by atoms with E-state index in [0.29, 0.717) is 0 Å². The summed E-state index contributed by atoms with van der Waals surface area (Å²) in [6.07, 6.45) is 4.75. The first-order chi connectivity index (χ1) is 10.9. The van der Waals surface area contributed by atoms with Gasteiger partial charge in [-0.15, -0.1) is 0 Å². The smallest absolute Gasteiger partial charge is 0.247 e. The molecular formula is C17H24N4O2. The fourth-order valence-electron chi connectivity index (χ4n) is 2.25. The number of ether oxygens (including phenoxy) is 1. The summed E-state index contributed by atoms with van der Waals surface area (Å²) in [5.41, 5.74) is 0.465. The van der Waals surface area contributed by atoms with Gasteiger partial charge in [-0.3, -0.25) is 4.79 Å². The molecule has 1 aromatic heterocycles. The number of nitrogens with one attached hydrogen (secondary N) is 1. The van der Waals surface area contributed by atoms with Gasteiger partial charge in [0.25, 0.3) is 0 Å². The van der Waals surface area contributed by atoms with E-state index in [-0.39, 0.29) is 11.9 Å². The zero-order valence-corrected chi connectivity index (χ0v) is 14.1. The van der Waals surface area contributed by atoms with Gasteiger partial charge in [0.2, 0.25) is 5.91 Å². The minimum atomic E-state index is -0.759. The molecule has 1 N–H and O–H groups in total. The number of carbonyl (C=O) groups is 1. The standard InChI is InChI=1S/C17H24N4O2/c1-13(5-6-14-7-9-15(23-4)10-8-14)20-16(22)17(2,3)21-12-18-11-19-21/h7-13H,5-6H2,1-4H3,(H,20,22)/t13-/m1/s1. The van der Waals surface area contributed by atoms with E-state index >= 15 is 0 Å². The summed E-state index contributed by atoms with van der Waals surface area (Å²) in [5.74, 6) is 0.787. The predicted octanol–water partition coefficient (Wildman–Crippen LogP) is 2.16. The molecule has 6 nitrogen and oxygen atoms in total. The van der Waals surface area contributed by atoms with Crippen LogP contribution in [0.5, 0.6) is 5.75 Å². The molecule has 1 amide bonds. The molecule has 0 bridgehead atoms. The van der Waals surface area contributed by atoms with Crippen LogP contribution >= 0.6 is 0 Å². The molecule has 2 aromatic rings. The van der Waals surface area contributed by atoms with Crippen LogP contribution in [0.4, 0.5) is 0 Å². The highest BCUT2D eigenvalue weighted by atomic mass is 16.5. The van der Waals surface area contributed by atoms with Crippen LogP contribution in [0, 0.1) is 0 Å². The van der Waals surface area contributed by atoms with Gasteiger partial charge >= 0.3 is 0 Å². The molecule has 6 heteroatoms. The third-order valence-corrected chi connectivity index (χ3v) is 3.95. The first kappa shape index (κ1) is 17.0. The van der Waals surface area contributed by atoms with Crippen LogP contribution in [0.25, 0.3) is 0 Å². The van der Waals surface area contributed by atoms with Crippen molar-refractivity contribution in [3.63, 3.8) is 0 Å². The molecule has 2 rings (SSSR count). The van der Waals surface area contributed by atoms with Gasteiger partial charge in [-0.2, -0.15) is 5.10 Å². The maximum atomic E-state index is 12.5. The van der Waals surface area contributed by atoms with Crippen molar-refractivity contribution in [2.45, 2.75) is 45.2 Å². The molecular weight excluding hydrogens is 292 g/mol. The third kappa shape index (κ3) is 4.31. The van der Waals surface area contributed by atoms with E-state index in [1.165, 1.54) is 11.9 Å². The Morgan fingerprint density at radius 2 is 2.04 bits per heavy atom. The first-order valence-electron chi connectivity index (χ1n) is 7.72. The van der Waals surface area contributed by atoms with Crippen molar-refractivity contribution in [3.05, 3.63) is 42.5 Å².